The van der Waals surface area contributed by atoms with Gasteiger partial charge in [0.2, 0.25) is 0 Å². The molecule has 0 aliphatic carbocycles. The van der Waals surface area contributed by atoms with Crippen LogP contribution in [0.3, 0.4) is 0 Å². The van der Waals surface area contributed by atoms with Crippen LogP contribution in [0.15, 0.2) is 42.5 Å². The third-order valence-corrected chi connectivity index (χ3v) is 2.90. The van der Waals surface area contributed by atoms with E-state index in [2.05, 4.69) is 5.32 Å². The Hall–Kier alpha value is -3.30. The lowest BCUT2D eigenvalue weighted by atomic mass is 10.2. The van der Waals surface area contributed by atoms with Gasteiger partial charge in [0.1, 0.15) is 5.75 Å². The first kappa shape index (κ1) is 17.1. The molecule has 10 heteroatoms. The largest absolute Gasteiger partial charge is 0.505 e. The summed E-state index contributed by atoms with van der Waals surface area (Å²) in [4.78, 5) is 21.9. The smallest absolute Gasteiger partial charge is 0.416 e. The van der Waals surface area contributed by atoms with E-state index in [1.165, 1.54) is 12.1 Å². The van der Waals surface area contributed by atoms with Crippen LogP contribution in [-0.4, -0.2) is 16.1 Å². The highest BCUT2D eigenvalue weighted by Crippen LogP contribution is 2.33. The number of nitrogens with one attached hydrogen (secondary N) is 2. The summed E-state index contributed by atoms with van der Waals surface area (Å²) in [5, 5.41) is 24.6. The van der Waals surface area contributed by atoms with Gasteiger partial charge in [-0.2, -0.15) is 13.2 Å². The lowest BCUT2D eigenvalue weighted by Gasteiger charge is -2.11. The van der Waals surface area contributed by atoms with Crippen molar-refractivity contribution in [1.82, 2.24) is 0 Å². The number of nitro benzene ring substituents is 1. The third kappa shape index (κ3) is 3.91. The second-order valence-electron chi connectivity index (χ2n) is 4.59. The van der Waals surface area contributed by atoms with Crippen molar-refractivity contribution in [2.24, 2.45) is 0 Å². The molecule has 2 aromatic rings. The predicted octanol–water partition coefficient (Wildman–Crippen LogP) is 3.96. The molecule has 0 atom stereocenters. The SMILES string of the molecule is O=C(Nc1cccc(C(F)(F)F)c1)Nc1c(O)cccc1[N+](=O)[O-]. The summed E-state index contributed by atoms with van der Waals surface area (Å²) in [7, 11) is 0. The molecule has 126 valence electrons. The van der Waals surface area contributed by atoms with Gasteiger partial charge in [-0.3, -0.25) is 15.4 Å². The molecule has 2 aromatic carbocycles. The van der Waals surface area contributed by atoms with E-state index in [4.69, 9.17) is 0 Å². The Balaban J connectivity index is 2.20. The van der Waals surface area contributed by atoms with Crippen molar-refractivity contribution in [3.05, 3.63) is 58.1 Å². The molecule has 0 aromatic heterocycles. The lowest BCUT2D eigenvalue weighted by Crippen LogP contribution is -2.20. The Morgan fingerprint density at radius 3 is 2.42 bits per heavy atom. The van der Waals surface area contributed by atoms with Crippen LogP contribution in [0.25, 0.3) is 0 Å². The maximum absolute atomic E-state index is 12.6. The number of phenolic OH excluding ortho intramolecular Hbond substituents is 1. The zero-order valence-corrected chi connectivity index (χ0v) is 11.8. The van der Waals surface area contributed by atoms with E-state index in [0.29, 0.717) is 6.07 Å². The van der Waals surface area contributed by atoms with Crippen LogP contribution < -0.4 is 10.6 Å². The number of hydrogen-bond acceptors (Lipinski definition) is 4. The minimum Gasteiger partial charge on any atom is -0.505 e. The van der Waals surface area contributed by atoms with E-state index < -0.39 is 39.8 Å². The molecule has 0 fully saturated rings. The Morgan fingerprint density at radius 1 is 1.12 bits per heavy atom. The number of hydrogen-bond donors (Lipinski definition) is 3. The molecule has 2 amide bonds. The van der Waals surface area contributed by atoms with Crippen LogP contribution in [0.2, 0.25) is 0 Å². The number of benzene rings is 2. The molecule has 0 aliphatic rings. The van der Waals surface area contributed by atoms with Gasteiger partial charge in [0.15, 0.2) is 5.69 Å². The van der Waals surface area contributed by atoms with Gasteiger partial charge < -0.3 is 10.4 Å². The Bertz CT molecular complexity index is 793. The number of phenols is 1. The quantitative estimate of drug-likeness (QED) is 0.446. The van der Waals surface area contributed by atoms with Crippen LogP contribution in [0.5, 0.6) is 5.75 Å². The van der Waals surface area contributed by atoms with Gasteiger partial charge in [-0.15, -0.1) is 0 Å². The maximum Gasteiger partial charge on any atom is 0.416 e. The van der Waals surface area contributed by atoms with E-state index in [9.17, 15) is 33.2 Å². The van der Waals surface area contributed by atoms with E-state index in [0.717, 1.165) is 24.3 Å². The van der Waals surface area contributed by atoms with Gasteiger partial charge in [0.25, 0.3) is 5.69 Å². The zero-order chi connectivity index (χ0) is 17.9. The normalized spacial score (nSPS) is 11.0. The molecule has 24 heavy (non-hydrogen) atoms. The summed E-state index contributed by atoms with van der Waals surface area (Å²) in [5.74, 6) is -0.552. The molecule has 0 heterocycles. The highest BCUT2D eigenvalue weighted by atomic mass is 19.4. The van der Waals surface area contributed by atoms with Crippen molar-refractivity contribution in [2.45, 2.75) is 6.18 Å². The van der Waals surface area contributed by atoms with Crippen LogP contribution >= 0.6 is 0 Å². The number of aromatic hydroxyl groups is 1. The minimum atomic E-state index is -4.58. The van der Waals surface area contributed by atoms with Gasteiger partial charge in [0.05, 0.1) is 10.5 Å². The number of amides is 2. The van der Waals surface area contributed by atoms with E-state index in [1.807, 2.05) is 5.32 Å². The summed E-state index contributed by atoms with van der Waals surface area (Å²) in [6.45, 7) is 0. The van der Waals surface area contributed by atoms with E-state index in [1.54, 1.807) is 0 Å². The van der Waals surface area contributed by atoms with Crippen LogP contribution in [0.1, 0.15) is 5.56 Å². The summed E-state index contributed by atoms with van der Waals surface area (Å²) in [6.07, 6.45) is -4.58. The number of para-hydroxylation sites is 1. The summed E-state index contributed by atoms with van der Waals surface area (Å²) in [5.41, 5.74) is -2.16. The van der Waals surface area contributed by atoms with Crippen molar-refractivity contribution in [1.29, 1.82) is 0 Å². The van der Waals surface area contributed by atoms with E-state index >= 15 is 0 Å². The fourth-order valence-electron chi connectivity index (χ4n) is 1.86. The molecule has 0 bridgehead atoms. The summed E-state index contributed by atoms with van der Waals surface area (Å²) in [6, 6.07) is 6.19. The molecule has 0 unspecified atom stereocenters. The fourth-order valence-corrected chi connectivity index (χ4v) is 1.86. The van der Waals surface area contributed by atoms with E-state index in [-0.39, 0.29) is 5.69 Å². The van der Waals surface area contributed by atoms with Crippen molar-refractivity contribution in [3.8, 4) is 5.75 Å². The van der Waals surface area contributed by atoms with Crippen molar-refractivity contribution < 1.29 is 28.0 Å². The second kappa shape index (κ2) is 6.44. The number of halogens is 3. The molecule has 0 aliphatic heterocycles. The molecule has 0 radical (unpaired) electrons. The van der Waals surface area contributed by atoms with Gasteiger partial charge in [-0.05, 0) is 24.3 Å². The topological polar surface area (TPSA) is 104 Å². The molecule has 0 spiro atoms. The minimum absolute atomic E-state index is 0.166. The number of nitro groups is 1. The highest BCUT2D eigenvalue weighted by molar-refractivity contribution is 6.02. The number of urea groups is 1. The van der Waals surface area contributed by atoms with Crippen molar-refractivity contribution in [3.63, 3.8) is 0 Å². The number of anilines is 2. The number of carbonyl (C=O) groups excluding carboxylic acids is 1. The molecular formula is C14H10F3N3O4. The first-order valence-corrected chi connectivity index (χ1v) is 6.40. The maximum atomic E-state index is 12.6. The van der Waals surface area contributed by atoms with Crippen LogP contribution in [0, 0.1) is 10.1 Å². The monoisotopic (exact) mass is 341 g/mol. The van der Waals surface area contributed by atoms with Gasteiger partial charge in [0, 0.05) is 11.8 Å². The average molecular weight is 341 g/mol. The molecule has 2 rings (SSSR count). The number of nitrogens with zero attached hydrogens (tertiary/aromatic N) is 1. The first-order valence-electron chi connectivity index (χ1n) is 6.40. The molecular weight excluding hydrogens is 331 g/mol. The Labute approximate surface area is 132 Å². The summed E-state index contributed by atoms with van der Waals surface area (Å²) < 4.78 is 37.8. The predicted molar refractivity (Wildman–Crippen MR) is 78.8 cm³/mol. The standard InChI is InChI=1S/C14H10F3N3O4/c15-14(16,17)8-3-1-4-9(7-8)18-13(22)19-12-10(20(23)24)5-2-6-11(12)21/h1-7,21H,(H2,18,19,22). The molecule has 0 saturated carbocycles. The van der Waals surface area contributed by atoms with Crippen LogP contribution in [0.4, 0.5) is 35.0 Å². The second-order valence-corrected chi connectivity index (χ2v) is 4.59. The third-order valence-electron chi connectivity index (χ3n) is 2.90. The number of carbonyl (C=O) groups is 1. The lowest BCUT2D eigenvalue weighted by molar-refractivity contribution is -0.384. The van der Waals surface area contributed by atoms with Gasteiger partial charge >= 0.3 is 12.2 Å². The van der Waals surface area contributed by atoms with Gasteiger partial charge in [-0.25, -0.2) is 4.79 Å². The fraction of sp³-hybridized carbons (Fsp3) is 0.0714. The number of rotatable bonds is 3. The van der Waals surface area contributed by atoms with Crippen LogP contribution in [-0.2, 0) is 6.18 Å². The zero-order valence-electron chi connectivity index (χ0n) is 11.8. The first-order chi connectivity index (χ1) is 11.2. The summed E-state index contributed by atoms with van der Waals surface area (Å²) >= 11 is 0. The highest BCUT2D eigenvalue weighted by Gasteiger charge is 2.30. The van der Waals surface area contributed by atoms with Crippen molar-refractivity contribution >= 4 is 23.1 Å². The number of alkyl halides is 3. The molecule has 7 nitrogen and oxygen atoms in total. The van der Waals surface area contributed by atoms with Gasteiger partial charge in [-0.1, -0.05) is 12.1 Å². The Morgan fingerprint density at radius 2 is 1.79 bits per heavy atom. The average Bonchev–Trinajstić information content (AvgIpc) is 2.48. The van der Waals surface area contributed by atoms with Crippen molar-refractivity contribution in [2.75, 3.05) is 10.6 Å². The molecule has 3 N–H and O–H groups in total. The molecule has 0 saturated heterocycles. The Kier molecular flexibility index (Phi) is 4.58.